The van der Waals surface area contributed by atoms with Crippen LogP contribution >= 0.6 is 0 Å². The van der Waals surface area contributed by atoms with Crippen LogP contribution in [0.25, 0.3) is 0 Å². The van der Waals surface area contributed by atoms with E-state index >= 15 is 0 Å². The smallest absolute Gasteiger partial charge is 0.0644 e. The first-order chi connectivity index (χ1) is 6.42. The van der Waals surface area contributed by atoms with Gasteiger partial charge in [0, 0.05) is 11.8 Å². The molecule has 8 atom stereocenters. The Balaban J connectivity index is 1.85. The Morgan fingerprint density at radius 3 is 2.54 bits per heavy atom. The fourth-order valence-electron chi connectivity index (χ4n) is 6.27. The summed E-state index contributed by atoms with van der Waals surface area (Å²) in [7, 11) is 0. The van der Waals surface area contributed by atoms with Crippen molar-refractivity contribution in [2.24, 2.45) is 52.5 Å². The van der Waals surface area contributed by atoms with E-state index in [1.54, 1.807) is 0 Å². The summed E-state index contributed by atoms with van der Waals surface area (Å²) in [6.07, 6.45) is 2.97. The first-order valence-electron chi connectivity index (χ1n) is 5.63. The minimum Gasteiger partial charge on any atom is -0.411 e. The minimum absolute atomic E-state index is 0.736. The molecule has 2 nitrogen and oxygen atoms in total. The predicted molar refractivity (Wildman–Crippen MR) is 46.4 cm³/mol. The van der Waals surface area contributed by atoms with Crippen molar-refractivity contribution in [1.82, 2.24) is 0 Å². The molecule has 5 saturated carbocycles. The predicted octanol–water partition coefficient (Wildman–Crippen LogP) is 1.59. The molecule has 0 radical (unpaired) electrons. The molecule has 68 valence electrons. The summed E-state index contributed by atoms with van der Waals surface area (Å²) in [6, 6.07) is 0. The maximum Gasteiger partial charge on any atom is 0.0644 e. The first-order valence-corrected chi connectivity index (χ1v) is 5.63. The summed E-state index contributed by atoms with van der Waals surface area (Å²) >= 11 is 0. The van der Waals surface area contributed by atoms with Gasteiger partial charge in [0.05, 0.1) is 5.71 Å². The van der Waals surface area contributed by atoms with Gasteiger partial charge in [0.15, 0.2) is 0 Å². The average Bonchev–Trinajstić information content (AvgIpc) is 2.61. The van der Waals surface area contributed by atoms with E-state index in [-0.39, 0.29) is 0 Å². The van der Waals surface area contributed by atoms with E-state index in [1.165, 1.54) is 18.6 Å². The van der Waals surface area contributed by atoms with E-state index < -0.39 is 0 Å². The molecule has 1 N–H and O–H groups in total. The molecule has 0 aromatic heterocycles. The Morgan fingerprint density at radius 2 is 1.69 bits per heavy atom. The van der Waals surface area contributed by atoms with Crippen LogP contribution < -0.4 is 0 Å². The molecule has 0 aromatic carbocycles. The van der Waals surface area contributed by atoms with Crippen LogP contribution in [0.5, 0.6) is 0 Å². The van der Waals surface area contributed by atoms with Crippen molar-refractivity contribution < 1.29 is 5.21 Å². The van der Waals surface area contributed by atoms with Gasteiger partial charge in [-0.05, 0) is 48.3 Å². The van der Waals surface area contributed by atoms with Crippen LogP contribution in [0.15, 0.2) is 5.16 Å². The summed E-state index contributed by atoms with van der Waals surface area (Å²) in [6.45, 7) is 0. The second kappa shape index (κ2) is 1.45. The highest BCUT2D eigenvalue weighted by molar-refractivity contribution is 5.95. The molecule has 0 aliphatic heterocycles. The molecule has 2 heteroatoms. The minimum atomic E-state index is 0.736. The van der Waals surface area contributed by atoms with Gasteiger partial charge in [-0.25, -0.2) is 0 Å². The van der Waals surface area contributed by atoms with Crippen molar-refractivity contribution in [3.8, 4) is 0 Å². The zero-order valence-corrected chi connectivity index (χ0v) is 7.43. The van der Waals surface area contributed by atoms with Gasteiger partial charge in [-0.2, -0.15) is 0 Å². The lowest BCUT2D eigenvalue weighted by Crippen LogP contribution is -2.44. The molecule has 0 spiro atoms. The summed E-state index contributed by atoms with van der Waals surface area (Å²) in [4.78, 5) is 0. The number of fused-ring (bicyclic) bond motifs is 2. The van der Waals surface area contributed by atoms with Gasteiger partial charge in [-0.3, -0.25) is 0 Å². The average molecular weight is 175 g/mol. The largest absolute Gasteiger partial charge is 0.411 e. The van der Waals surface area contributed by atoms with Crippen molar-refractivity contribution in [2.75, 3.05) is 0 Å². The molecule has 8 unspecified atom stereocenters. The van der Waals surface area contributed by atoms with Crippen molar-refractivity contribution in [3.63, 3.8) is 0 Å². The summed E-state index contributed by atoms with van der Waals surface area (Å²) in [5, 5.41) is 12.7. The Bertz CT molecular complexity index is 344. The van der Waals surface area contributed by atoms with Crippen molar-refractivity contribution in [3.05, 3.63) is 0 Å². The topological polar surface area (TPSA) is 32.6 Å². The molecule has 0 heterocycles. The fourth-order valence-corrected chi connectivity index (χ4v) is 6.27. The highest BCUT2D eigenvalue weighted by atomic mass is 16.4. The number of hydrogen-bond acceptors (Lipinski definition) is 2. The van der Waals surface area contributed by atoms with E-state index in [0.717, 1.165) is 47.3 Å². The van der Waals surface area contributed by atoms with Crippen LogP contribution in [0.2, 0.25) is 0 Å². The highest BCUT2D eigenvalue weighted by Crippen LogP contribution is 2.81. The Labute approximate surface area is 77.0 Å². The molecule has 0 amide bonds. The number of hydrogen-bond donors (Lipinski definition) is 1. The van der Waals surface area contributed by atoms with E-state index in [0.29, 0.717) is 0 Å². The molecular weight excluding hydrogens is 162 g/mol. The lowest BCUT2D eigenvalue weighted by molar-refractivity contribution is 0.0495. The van der Waals surface area contributed by atoms with Crippen LogP contribution in [-0.2, 0) is 0 Å². The molecule has 5 fully saturated rings. The number of oxime groups is 1. The molecule has 2 bridgehead atoms. The van der Waals surface area contributed by atoms with Gasteiger partial charge < -0.3 is 5.21 Å². The Hall–Kier alpha value is -0.530. The number of nitrogens with zero attached hydrogens (tertiary/aromatic N) is 1. The summed E-state index contributed by atoms with van der Waals surface area (Å²) in [5.74, 6) is 7.44. The summed E-state index contributed by atoms with van der Waals surface area (Å²) in [5.41, 5.74) is 1.23. The highest BCUT2D eigenvalue weighted by Gasteiger charge is 2.79. The standard InChI is InChI=1S/C11H13NO/c13-12-11-8-4-2-5-7-3(4)1-6(8)9(7)10(5)11/h3-10,13H,1-2H2/b12-11-. The summed E-state index contributed by atoms with van der Waals surface area (Å²) < 4.78 is 0. The zero-order chi connectivity index (χ0) is 8.32. The second-order valence-electron chi connectivity index (χ2n) is 5.86. The van der Waals surface area contributed by atoms with Gasteiger partial charge in [-0.15, -0.1) is 0 Å². The quantitative estimate of drug-likeness (QED) is 0.440. The van der Waals surface area contributed by atoms with E-state index in [1.807, 2.05) is 0 Å². The molecule has 0 aromatic rings. The fraction of sp³-hybridized carbons (Fsp3) is 0.909. The molecular formula is C11H13NO. The maximum absolute atomic E-state index is 9.07. The van der Waals surface area contributed by atoms with Crippen LogP contribution in [0.4, 0.5) is 0 Å². The third-order valence-electron chi connectivity index (χ3n) is 6.16. The SMILES string of the molecule is O/N=C1/C2C3CC4C1C1C2CC3C41. The maximum atomic E-state index is 9.07. The third kappa shape index (κ3) is 0.360. The van der Waals surface area contributed by atoms with E-state index in [4.69, 9.17) is 5.21 Å². The normalized spacial score (nSPS) is 77.1. The Morgan fingerprint density at radius 1 is 0.923 bits per heavy atom. The number of rotatable bonds is 0. The van der Waals surface area contributed by atoms with Crippen LogP contribution in [0.3, 0.4) is 0 Å². The molecule has 5 rings (SSSR count). The van der Waals surface area contributed by atoms with Crippen LogP contribution in [0, 0.1) is 47.3 Å². The molecule has 5 aliphatic rings. The van der Waals surface area contributed by atoms with Gasteiger partial charge >= 0.3 is 0 Å². The molecule has 13 heavy (non-hydrogen) atoms. The van der Waals surface area contributed by atoms with E-state index in [2.05, 4.69) is 5.16 Å². The molecule has 0 saturated heterocycles. The van der Waals surface area contributed by atoms with Gasteiger partial charge in [0.1, 0.15) is 0 Å². The van der Waals surface area contributed by atoms with Crippen LogP contribution in [0.1, 0.15) is 12.8 Å². The van der Waals surface area contributed by atoms with Crippen molar-refractivity contribution in [2.45, 2.75) is 12.8 Å². The first kappa shape index (κ1) is 6.05. The van der Waals surface area contributed by atoms with Crippen LogP contribution in [-0.4, -0.2) is 10.9 Å². The monoisotopic (exact) mass is 175 g/mol. The lowest BCUT2D eigenvalue weighted by atomic mass is 9.59. The van der Waals surface area contributed by atoms with Crippen molar-refractivity contribution >= 4 is 5.71 Å². The third-order valence-corrected chi connectivity index (χ3v) is 6.16. The second-order valence-corrected chi connectivity index (χ2v) is 5.86. The zero-order valence-electron chi connectivity index (χ0n) is 7.43. The van der Waals surface area contributed by atoms with Gasteiger partial charge in [-0.1, -0.05) is 5.16 Å². The molecule has 5 aliphatic carbocycles. The van der Waals surface area contributed by atoms with Gasteiger partial charge in [0.25, 0.3) is 0 Å². The Kier molecular flexibility index (Phi) is 0.674. The lowest BCUT2D eigenvalue weighted by Gasteiger charge is -2.44. The van der Waals surface area contributed by atoms with Gasteiger partial charge in [0.2, 0.25) is 0 Å². The van der Waals surface area contributed by atoms with Crippen molar-refractivity contribution in [1.29, 1.82) is 0 Å². The van der Waals surface area contributed by atoms with E-state index in [9.17, 15) is 0 Å².